The molecule has 100 valence electrons. The molecule has 0 aliphatic rings. The molecule has 0 bridgehead atoms. The van der Waals surface area contributed by atoms with Gasteiger partial charge in [-0.1, -0.05) is 36.9 Å². The lowest BCUT2D eigenvalue weighted by Crippen LogP contribution is -2.53. The molecule has 0 amide bonds. The number of rotatable bonds is 6. The van der Waals surface area contributed by atoms with E-state index in [1.54, 1.807) is 0 Å². The van der Waals surface area contributed by atoms with Crippen LogP contribution in [0.1, 0.15) is 33.3 Å². The Labute approximate surface area is 112 Å². The zero-order valence-electron chi connectivity index (χ0n) is 12.1. The Kier molecular flexibility index (Phi) is 5.32. The fourth-order valence-electron chi connectivity index (χ4n) is 1.99. The predicted molar refractivity (Wildman–Crippen MR) is 80.2 cm³/mol. The van der Waals surface area contributed by atoms with E-state index in [2.05, 4.69) is 37.4 Å². The Morgan fingerprint density at radius 2 is 1.44 bits per heavy atom. The molecule has 0 fully saturated rings. The number of benzene rings is 1. The molecule has 0 aliphatic heterocycles. The van der Waals surface area contributed by atoms with Crippen LogP contribution in [0.4, 0.5) is 0 Å². The normalized spacial score (nSPS) is 12.2. The third-order valence-corrected chi connectivity index (χ3v) is 5.82. The van der Waals surface area contributed by atoms with Crippen molar-refractivity contribution in [2.45, 2.75) is 46.4 Å². The van der Waals surface area contributed by atoms with Gasteiger partial charge >= 0.3 is 8.56 Å². The average Bonchev–Trinajstić information content (AvgIpc) is 2.27. The van der Waals surface area contributed by atoms with Crippen LogP contribution in [-0.4, -0.2) is 20.8 Å². The van der Waals surface area contributed by atoms with Crippen LogP contribution in [0.15, 0.2) is 30.8 Å². The van der Waals surface area contributed by atoms with Crippen LogP contribution in [0, 0.1) is 0 Å². The quantitative estimate of drug-likeness (QED) is 0.733. The van der Waals surface area contributed by atoms with E-state index in [4.69, 9.17) is 8.85 Å². The second-order valence-corrected chi connectivity index (χ2v) is 8.05. The van der Waals surface area contributed by atoms with Gasteiger partial charge in [-0.3, -0.25) is 0 Å². The second-order valence-electron chi connectivity index (χ2n) is 5.11. The first-order valence-corrected chi connectivity index (χ1v) is 8.77. The monoisotopic (exact) mass is 264 g/mol. The standard InChI is InChI=1S/C15H24O2Si/c1-7-14-8-10-15(11-9-14)18(6,16-12(2)3)17-13(4)5/h7-13H,1H2,2-6H3. The van der Waals surface area contributed by atoms with Gasteiger partial charge in [0.05, 0.1) is 0 Å². The summed E-state index contributed by atoms with van der Waals surface area (Å²) < 4.78 is 12.2. The summed E-state index contributed by atoms with van der Waals surface area (Å²) in [5, 5.41) is 1.16. The molecule has 1 aromatic carbocycles. The molecule has 0 unspecified atom stereocenters. The summed E-state index contributed by atoms with van der Waals surface area (Å²) in [6.07, 6.45) is 2.17. The van der Waals surface area contributed by atoms with E-state index in [9.17, 15) is 0 Å². The van der Waals surface area contributed by atoms with Crippen LogP contribution >= 0.6 is 0 Å². The molecule has 0 N–H and O–H groups in total. The van der Waals surface area contributed by atoms with Gasteiger partial charge in [0.15, 0.2) is 0 Å². The van der Waals surface area contributed by atoms with Gasteiger partial charge in [-0.25, -0.2) is 0 Å². The van der Waals surface area contributed by atoms with Crippen molar-refractivity contribution in [3.8, 4) is 0 Å². The van der Waals surface area contributed by atoms with Crippen LogP contribution in [-0.2, 0) is 8.85 Å². The fourth-order valence-corrected chi connectivity index (χ4v) is 4.88. The van der Waals surface area contributed by atoms with Gasteiger partial charge in [-0.05, 0) is 45.0 Å². The predicted octanol–water partition coefficient (Wildman–Crippen LogP) is 3.46. The molecule has 0 radical (unpaired) electrons. The second kappa shape index (κ2) is 6.32. The minimum Gasteiger partial charge on any atom is -0.389 e. The number of hydrogen-bond donors (Lipinski definition) is 0. The fraction of sp³-hybridized carbons (Fsp3) is 0.467. The van der Waals surface area contributed by atoms with Crippen molar-refractivity contribution in [1.82, 2.24) is 0 Å². The summed E-state index contributed by atoms with van der Waals surface area (Å²) >= 11 is 0. The maximum absolute atomic E-state index is 6.10. The van der Waals surface area contributed by atoms with Gasteiger partial charge in [0.25, 0.3) is 0 Å². The van der Waals surface area contributed by atoms with E-state index in [0.29, 0.717) is 0 Å². The Morgan fingerprint density at radius 3 is 1.78 bits per heavy atom. The first kappa shape index (κ1) is 15.2. The van der Waals surface area contributed by atoms with E-state index < -0.39 is 8.56 Å². The van der Waals surface area contributed by atoms with Crippen LogP contribution in [0.25, 0.3) is 6.08 Å². The summed E-state index contributed by atoms with van der Waals surface area (Å²) in [6.45, 7) is 14.1. The zero-order chi connectivity index (χ0) is 13.8. The van der Waals surface area contributed by atoms with Crippen molar-refractivity contribution in [2.75, 3.05) is 0 Å². The Hall–Kier alpha value is -0.903. The SMILES string of the molecule is C=Cc1ccc([Si](C)(OC(C)C)OC(C)C)cc1. The smallest absolute Gasteiger partial charge is 0.369 e. The van der Waals surface area contributed by atoms with Gasteiger partial charge in [0.1, 0.15) is 0 Å². The minimum atomic E-state index is -2.32. The van der Waals surface area contributed by atoms with Crippen LogP contribution in [0.2, 0.25) is 6.55 Å². The first-order valence-electron chi connectivity index (χ1n) is 6.46. The zero-order valence-corrected chi connectivity index (χ0v) is 13.1. The molecule has 0 atom stereocenters. The highest BCUT2D eigenvalue weighted by atomic mass is 28.4. The van der Waals surface area contributed by atoms with Gasteiger partial charge in [0, 0.05) is 12.2 Å². The van der Waals surface area contributed by atoms with Crippen molar-refractivity contribution in [2.24, 2.45) is 0 Å². The lowest BCUT2D eigenvalue weighted by molar-refractivity contribution is 0.120. The Morgan fingerprint density at radius 1 is 1.00 bits per heavy atom. The molecular weight excluding hydrogens is 240 g/mol. The van der Waals surface area contributed by atoms with Crippen molar-refractivity contribution in [3.05, 3.63) is 36.4 Å². The third-order valence-electron chi connectivity index (χ3n) is 2.59. The minimum absolute atomic E-state index is 0.166. The number of hydrogen-bond acceptors (Lipinski definition) is 2. The molecule has 18 heavy (non-hydrogen) atoms. The molecule has 1 aromatic rings. The molecule has 0 spiro atoms. The highest BCUT2D eigenvalue weighted by molar-refractivity contribution is 6.80. The summed E-state index contributed by atoms with van der Waals surface area (Å²) in [5.74, 6) is 0. The molecule has 0 heterocycles. The highest BCUT2D eigenvalue weighted by Gasteiger charge is 2.36. The first-order chi connectivity index (χ1) is 8.37. The largest absolute Gasteiger partial charge is 0.389 e. The topological polar surface area (TPSA) is 18.5 Å². The molecule has 0 saturated carbocycles. The van der Waals surface area contributed by atoms with E-state index in [1.807, 2.05) is 33.8 Å². The Bertz CT molecular complexity index is 372. The molecule has 0 aliphatic carbocycles. The van der Waals surface area contributed by atoms with Crippen molar-refractivity contribution in [1.29, 1.82) is 0 Å². The Balaban J connectivity index is 3.03. The summed E-state index contributed by atoms with van der Waals surface area (Å²) in [4.78, 5) is 0. The van der Waals surface area contributed by atoms with Gasteiger partial charge < -0.3 is 8.85 Å². The summed E-state index contributed by atoms with van der Waals surface area (Å²) in [6, 6.07) is 8.30. The van der Waals surface area contributed by atoms with E-state index in [1.165, 1.54) is 0 Å². The summed E-state index contributed by atoms with van der Waals surface area (Å²) in [5.41, 5.74) is 1.11. The molecule has 0 aromatic heterocycles. The maximum atomic E-state index is 6.10. The van der Waals surface area contributed by atoms with Crippen molar-refractivity contribution < 1.29 is 8.85 Å². The van der Waals surface area contributed by atoms with E-state index in [-0.39, 0.29) is 12.2 Å². The molecular formula is C15H24O2Si. The van der Waals surface area contributed by atoms with Gasteiger partial charge in [-0.2, -0.15) is 0 Å². The molecule has 1 rings (SSSR count). The lowest BCUT2D eigenvalue weighted by atomic mass is 10.2. The van der Waals surface area contributed by atoms with Gasteiger partial charge in [0.2, 0.25) is 0 Å². The molecule has 2 nitrogen and oxygen atoms in total. The van der Waals surface area contributed by atoms with Gasteiger partial charge in [-0.15, -0.1) is 0 Å². The summed E-state index contributed by atoms with van der Waals surface area (Å²) in [7, 11) is -2.32. The van der Waals surface area contributed by atoms with Crippen LogP contribution in [0.5, 0.6) is 0 Å². The highest BCUT2D eigenvalue weighted by Crippen LogP contribution is 2.14. The molecule has 0 saturated heterocycles. The maximum Gasteiger partial charge on any atom is 0.369 e. The lowest BCUT2D eigenvalue weighted by Gasteiger charge is -2.31. The average molecular weight is 264 g/mol. The van der Waals surface area contributed by atoms with Crippen molar-refractivity contribution in [3.63, 3.8) is 0 Å². The third kappa shape index (κ3) is 4.09. The van der Waals surface area contributed by atoms with E-state index in [0.717, 1.165) is 10.8 Å². The van der Waals surface area contributed by atoms with Crippen molar-refractivity contribution >= 4 is 19.8 Å². The molecule has 3 heteroatoms. The van der Waals surface area contributed by atoms with Crippen LogP contribution in [0.3, 0.4) is 0 Å². The van der Waals surface area contributed by atoms with Crippen LogP contribution < -0.4 is 5.19 Å². The van der Waals surface area contributed by atoms with E-state index >= 15 is 0 Å².